The van der Waals surface area contributed by atoms with Crippen molar-refractivity contribution in [2.75, 3.05) is 63.9 Å². The Balaban J connectivity index is 1.62. The number of aryl methyl sites for hydroxylation is 2. The number of morpholine rings is 1. The van der Waals surface area contributed by atoms with Crippen molar-refractivity contribution in [3.63, 3.8) is 0 Å². The Labute approximate surface area is 157 Å². The van der Waals surface area contributed by atoms with E-state index in [4.69, 9.17) is 4.74 Å². The van der Waals surface area contributed by atoms with Crippen LogP contribution >= 0.6 is 0 Å². The summed E-state index contributed by atoms with van der Waals surface area (Å²) in [4.78, 5) is 12.0. The summed E-state index contributed by atoms with van der Waals surface area (Å²) in [5.41, 5.74) is 2.87. The second kappa shape index (κ2) is 7.91. The standard InChI is InChI=1S/C20H31N5O/c1-16-13-17(2)22-19(18(16)14-21)24-7-5-23(6-8-24)15-20(3,4)25-9-11-26-12-10-25/h13H,5-12,15H2,1-4H3. The number of anilines is 1. The van der Waals surface area contributed by atoms with Gasteiger partial charge in [0.15, 0.2) is 0 Å². The molecule has 2 fully saturated rings. The molecule has 0 spiro atoms. The molecule has 2 aliphatic heterocycles. The lowest BCUT2D eigenvalue weighted by Crippen LogP contribution is -2.58. The smallest absolute Gasteiger partial charge is 0.147 e. The van der Waals surface area contributed by atoms with Gasteiger partial charge in [0.05, 0.1) is 18.8 Å². The van der Waals surface area contributed by atoms with E-state index in [1.807, 2.05) is 19.9 Å². The Kier molecular flexibility index (Phi) is 5.81. The zero-order valence-corrected chi connectivity index (χ0v) is 16.6. The zero-order valence-electron chi connectivity index (χ0n) is 16.6. The summed E-state index contributed by atoms with van der Waals surface area (Å²) in [6.45, 7) is 17.3. The number of piperazine rings is 1. The average molecular weight is 358 g/mol. The molecule has 1 aromatic heterocycles. The van der Waals surface area contributed by atoms with Crippen LogP contribution in [0.15, 0.2) is 6.07 Å². The zero-order chi connectivity index (χ0) is 18.7. The summed E-state index contributed by atoms with van der Waals surface area (Å²) in [6, 6.07) is 4.33. The fraction of sp³-hybridized carbons (Fsp3) is 0.700. The van der Waals surface area contributed by atoms with Crippen molar-refractivity contribution >= 4 is 5.82 Å². The van der Waals surface area contributed by atoms with Gasteiger partial charge in [0.25, 0.3) is 0 Å². The average Bonchev–Trinajstić information content (AvgIpc) is 2.62. The maximum Gasteiger partial charge on any atom is 0.147 e. The highest BCUT2D eigenvalue weighted by Crippen LogP contribution is 2.24. The second-order valence-corrected chi connectivity index (χ2v) is 8.07. The van der Waals surface area contributed by atoms with E-state index in [1.54, 1.807) is 0 Å². The van der Waals surface area contributed by atoms with Gasteiger partial charge in [0.1, 0.15) is 11.9 Å². The molecule has 3 heterocycles. The van der Waals surface area contributed by atoms with Crippen molar-refractivity contribution in [3.05, 3.63) is 22.9 Å². The summed E-state index contributed by atoms with van der Waals surface area (Å²) >= 11 is 0. The summed E-state index contributed by atoms with van der Waals surface area (Å²) in [5.74, 6) is 0.858. The van der Waals surface area contributed by atoms with Gasteiger partial charge in [-0.3, -0.25) is 9.80 Å². The van der Waals surface area contributed by atoms with E-state index in [2.05, 4.69) is 39.6 Å². The molecular weight excluding hydrogens is 326 g/mol. The van der Waals surface area contributed by atoms with Gasteiger partial charge in [-0.25, -0.2) is 4.98 Å². The number of hydrogen-bond donors (Lipinski definition) is 0. The normalized spacial score (nSPS) is 20.2. The maximum atomic E-state index is 9.53. The van der Waals surface area contributed by atoms with Gasteiger partial charge in [-0.15, -0.1) is 0 Å². The van der Waals surface area contributed by atoms with Gasteiger partial charge in [-0.2, -0.15) is 5.26 Å². The predicted molar refractivity (Wildman–Crippen MR) is 104 cm³/mol. The molecule has 2 aliphatic rings. The molecule has 0 aromatic carbocycles. The third-order valence-corrected chi connectivity index (χ3v) is 5.59. The van der Waals surface area contributed by atoms with Crippen molar-refractivity contribution in [2.24, 2.45) is 0 Å². The number of pyridine rings is 1. The quantitative estimate of drug-likeness (QED) is 0.819. The summed E-state index contributed by atoms with van der Waals surface area (Å²) in [6.07, 6.45) is 0. The first-order valence-electron chi connectivity index (χ1n) is 9.59. The van der Waals surface area contributed by atoms with Gasteiger partial charge in [0.2, 0.25) is 0 Å². The van der Waals surface area contributed by atoms with Crippen molar-refractivity contribution in [1.29, 1.82) is 5.26 Å². The highest BCUT2D eigenvalue weighted by molar-refractivity contribution is 5.58. The molecule has 6 heteroatoms. The molecule has 0 aliphatic carbocycles. The molecule has 0 amide bonds. The van der Waals surface area contributed by atoms with E-state index in [9.17, 15) is 5.26 Å². The molecule has 0 N–H and O–H groups in total. The first-order valence-corrected chi connectivity index (χ1v) is 9.59. The highest BCUT2D eigenvalue weighted by atomic mass is 16.5. The number of aromatic nitrogens is 1. The van der Waals surface area contributed by atoms with Gasteiger partial charge in [-0.1, -0.05) is 0 Å². The van der Waals surface area contributed by atoms with Crippen molar-refractivity contribution in [3.8, 4) is 6.07 Å². The lowest BCUT2D eigenvalue weighted by atomic mass is 10.0. The molecule has 0 unspecified atom stereocenters. The van der Waals surface area contributed by atoms with Crippen LogP contribution in [0.3, 0.4) is 0 Å². The molecular formula is C20H31N5O. The third kappa shape index (κ3) is 4.17. The SMILES string of the molecule is Cc1cc(C)c(C#N)c(N2CCN(CC(C)(C)N3CCOCC3)CC2)n1. The lowest BCUT2D eigenvalue weighted by molar-refractivity contribution is -0.0221. The molecule has 0 saturated carbocycles. The van der Waals surface area contributed by atoms with Crippen LogP contribution < -0.4 is 4.90 Å². The van der Waals surface area contributed by atoms with E-state index in [1.165, 1.54) is 0 Å². The van der Waals surface area contributed by atoms with Crippen LogP contribution in [-0.2, 0) is 4.74 Å². The topological polar surface area (TPSA) is 55.6 Å². The summed E-state index contributed by atoms with van der Waals surface area (Å²) in [5, 5.41) is 9.53. The van der Waals surface area contributed by atoms with E-state index >= 15 is 0 Å². The Morgan fingerprint density at radius 2 is 1.77 bits per heavy atom. The Hall–Kier alpha value is -1.68. The Morgan fingerprint density at radius 1 is 1.12 bits per heavy atom. The molecule has 26 heavy (non-hydrogen) atoms. The number of nitriles is 1. The molecule has 1 aromatic rings. The molecule has 142 valence electrons. The minimum Gasteiger partial charge on any atom is -0.379 e. The summed E-state index contributed by atoms with van der Waals surface area (Å²) in [7, 11) is 0. The number of nitrogens with zero attached hydrogens (tertiary/aromatic N) is 5. The highest BCUT2D eigenvalue weighted by Gasteiger charge is 2.32. The van der Waals surface area contributed by atoms with Crippen LogP contribution in [0, 0.1) is 25.2 Å². The Morgan fingerprint density at radius 3 is 2.38 bits per heavy atom. The second-order valence-electron chi connectivity index (χ2n) is 8.07. The molecule has 0 radical (unpaired) electrons. The Bertz CT molecular complexity index is 668. The molecule has 6 nitrogen and oxygen atoms in total. The first-order chi connectivity index (χ1) is 12.4. The van der Waals surface area contributed by atoms with Crippen molar-refractivity contribution < 1.29 is 4.74 Å². The van der Waals surface area contributed by atoms with Crippen LogP contribution in [0.25, 0.3) is 0 Å². The van der Waals surface area contributed by atoms with Crippen LogP contribution in [0.4, 0.5) is 5.82 Å². The van der Waals surface area contributed by atoms with E-state index in [0.717, 1.165) is 81.7 Å². The van der Waals surface area contributed by atoms with E-state index in [-0.39, 0.29) is 5.54 Å². The van der Waals surface area contributed by atoms with E-state index < -0.39 is 0 Å². The minimum atomic E-state index is 0.155. The number of ether oxygens (including phenoxy) is 1. The van der Waals surface area contributed by atoms with Gasteiger partial charge >= 0.3 is 0 Å². The van der Waals surface area contributed by atoms with Crippen molar-refractivity contribution in [1.82, 2.24) is 14.8 Å². The predicted octanol–water partition coefficient (Wildman–Crippen LogP) is 1.80. The molecule has 0 bridgehead atoms. The fourth-order valence-corrected chi connectivity index (χ4v) is 4.12. The van der Waals surface area contributed by atoms with Crippen LogP contribution in [0.2, 0.25) is 0 Å². The van der Waals surface area contributed by atoms with Gasteiger partial charge in [-0.05, 0) is 39.3 Å². The van der Waals surface area contributed by atoms with Crippen molar-refractivity contribution in [2.45, 2.75) is 33.2 Å². The molecule has 2 saturated heterocycles. The maximum absolute atomic E-state index is 9.53. The minimum absolute atomic E-state index is 0.155. The molecule has 0 atom stereocenters. The number of hydrogen-bond acceptors (Lipinski definition) is 6. The molecule has 3 rings (SSSR count). The van der Waals surface area contributed by atoms with Crippen LogP contribution in [-0.4, -0.2) is 79.3 Å². The number of rotatable bonds is 4. The van der Waals surface area contributed by atoms with E-state index in [0.29, 0.717) is 0 Å². The summed E-state index contributed by atoms with van der Waals surface area (Å²) < 4.78 is 5.49. The monoisotopic (exact) mass is 357 g/mol. The first kappa shape index (κ1) is 19.1. The van der Waals surface area contributed by atoms with Gasteiger partial charge < -0.3 is 9.64 Å². The van der Waals surface area contributed by atoms with Crippen LogP contribution in [0.5, 0.6) is 0 Å². The largest absolute Gasteiger partial charge is 0.379 e. The van der Waals surface area contributed by atoms with Crippen LogP contribution in [0.1, 0.15) is 30.7 Å². The van der Waals surface area contributed by atoms with Gasteiger partial charge in [0, 0.05) is 57.0 Å². The third-order valence-electron chi connectivity index (χ3n) is 5.59. The lowest BCUT2D eigenvalue weighted by Gasteiger charge is -2.45. The fourth-order valence-electron chi connectivity index (χ4n) is 4.12.